The van der Waals surface area contributed by atoms with Crippen LogP contribution in [0.25, 0.3) is 0 Å². The molecular weight excluding hydrogens is 286 g/mol. The predicted molar refractivity (Wildman–Crippen MR) is 83.7 cm³/mol. The molecule has 0 aliphatic carbocycles. The molecule has 2 rings (SSSR count). The summed E-state index contributed by atoms with van der Waals surface area (Å²) in [4.78, 5) is 2.65. The number of rotatable bonds is 4. The number of piperidine rings is 1. The Morgan fingerprint density at radius 3 is 2.83 bits per heavy atom. The third-order valence-corrected chi connectivity index (χ3v) is 4.62. The van der Waals surface area contributed by atoms with Crippen LogP contribution in [0.1, 0.15) is 50.2 Å². The minimum atomic E-state index is 0.761. The first kappa shape index (κ1) is 13.9. The van der Waals surface area contributed by atoms with Gasteiger partial charge in [0.05, 0.1) is 0 Å². The molecule has 1 aromatic rings. The van der Waals surface area contributed by atoms with Gasteiger partial charge in [-0.05, 0) is 49.8 Å². The van der Waals surface area contributed by atoms with Crippen LogP contribution >= 0.6 is 15.9 Å². The van der Waals surface area contributed by atoms with Crippen LogP contribution in [0.2, 0.25) is 0 Å². The van der Waals surface area contributed by atoms with Crippen molar-refractivity contribution in [2.75, 3.05) is 11.4 Å². The fourth-order valence-electron chi connectivity index (χ4n) is 3.07. The van der Waals surface area contributed by atoms with Crippen molar-refractivity contribution in [1.29, 1.82) is 0 Å². The van der Waals surface area contributed by atoms with Crippen molar-refractivity contribution in [3.05, 3.63) is 29.3 Å². The number of aryl methyl sites for hydroxylation is 1. The molecule has 0 amide bonds. The molecular formula is C16H24BrN. The Labute approximate surface area is 120 Å². The zero-order valence-corrected chi connectivity index (χ0v) is 13.2. The van der Waals surface area contributed by atoms with Gasteiger partial charge in [0.15, 0.2) is 0 Å². The Morgan fingerprint density at radius 1 is 1.33 bits per heavy atom. The highest BCUT2D eigenvalue weighted by Gasteiger charge is 2.22. The molecule has 1 aromatic carbocycles. The van der Waals surface area contributed by atoms with E-state index in [0.717, 1.165) is 11.4 Å². The number of hydrogen-bond acceptors (Lipinski definition) is 1. The molecule has 0 N–H and O–H groups in total. The van der Waals surface area contributed by atoms with Gasteiger partial charge in [0.25, 0.3) is 0 Å². The highest BCUT2D eigenvalue weighted by atomic mass is 79.9. The van der Waals surface area contributed by atoms with E-state index in [1.165, 1.54) is 55.5 Å². The van der Waals surface area contributed by atoms with E-state index in [2.05, 4.69) is 52.9 Å². The number of halogens is 1. The summed E-state index contributed by atoms with van der Waals surface area (Å²) >= 11 is 3.54. The van der Waals surface area contributed by atoms with Crippen molar-refractivity contribution in [2.45, 2.75) is 57.3 Å². The van der Waals surface area contributed by atoms with Gasteiger partial charge >= 0.3 is 0 Å². The average molecular weight is 310 g/mol. The summed E-state index contributed by atoms with van der Waals surface area (Å²) < 4.78 is 0. The molecule has 0 saturated carbocycles. The molecule has 0 aromatic heterocycles. The third-order valence-electron chi connectivity index (χ3n) is 3.97. The van der Waals surface area contributed by atoms with Gasteiger partial charge in [-0.2, -0.15) is 0 Å². The van der Waals surface area contributed by atoms with E-state index in [-0.39, 0.29) is 0 Å². The molecule has 1 aliphatic heterocycles. The normalized spacial score (nSPS) is 20.2. The summed E-state index contributed by atoms with van der Waals surface area (Å²) in [6.45, 7) is 5.78. The lowest BCUT2D eigenvalue weighted by Crippen LogP contribution is -2.39. The second-order valence-electron chi connectivity index (χ2n) is 5.39. The largest absolute Gasteiger partial charge is 0.368 e. The van der Waals surface area contributed by atoms with E-state index in [0.29, 0.717) is 0 Å². The maximum absolute atomic E-state index is 3.54. The summed E-state index contributed by atoms with van der Waals surface area (Å²) in [6.07, 6.45) is 6.74. The molecule has 1 atom stereocenters. The minimum Gasteiger partial charge on any atom is -0.368 e. The summed E-state index contributed by atoms with van der Waals surface area (Å²) in [5.74, 6) is 0. The van der Waals surface area contributed by atoms with Gasteiger partial charge < -0.3 is 4.90 Å². The molecule has 0 radical (unpaired) electrons. The smallest absolute Gasteiger partial charge is 0.0398 e. The summed E-state index contributed by atoms with van der Waals surface area (Å²) in [5, 5.41) is 0.951. The van der Waals surface area contributed by atoms with Crippen molar-refractivity contribution in [3.63, 3.8) is 0 Å². The predicted octanol–water partition coefficient (Wildman–Crippen LogP) is 5.05. The Bertz CT molecular complexity index is 387. The van der Waals surface area contributed by atoms with Gasteiger partial charge in [-0.15, -0.1) is 0 Å². The highest BCUT2D eigenvalue weighted by molar-refractivity contribution is 9.08. The molecule has 2 heteroatoms. The summed E-state index contributed by atoms with van der Waals surface area (Å²) in [5.41, 5.74) is 4.26. The first-order chi connectivity index (χ1) is 8.76. The zero-order valence-electron chi connectivity index (χ0n) is 11.6. The van der Waals surface area contributed by atoms with Gasteiger partial charge in [0.1, 0.15) is 0 Å². The van der Waals surface area contributed by atoms with Gasteiger partial charge in [-0.3, -0.25) is 0 Å². The van der Waals surface area contributed by atoms with Gasteiger partial charge in [0.2, 0.25) is 0 Å². The van der Waals surface area contributed by atoms with Crippen LogP contribution in [0, 0.1) is 6.92 Å². The monoisotopic (exact) mass is 309 g/mol. The maximum Gasteiger partial charge on any atom is 0.0398 e. The van der Waals surface area contributed by atoms with E-state index >= 15 is 0 Å². The molecule has 1 aliphatic rings. The first-order valence-corrected chi connectivity index (χ1v) is 8.30. The number of alkyl halides is 1. The second kappa shape index (κ2) is 6.60. The SMILES string of the molecule is CCCC1CCCCN1c1ccc(CBr)cc1C. The fraction of sp³-hybridized carbons (Fsp3) is 0.625. The summed E-state index contributed by atoms with van der Waals surface area (Å²) in [6, 6.07) is 7.66. The molecule has 1 nitrogen and oxygen atoms in total. The van der Waals surface area contributed by atoms with Crippen LogP contribution in [-0.2, 0) is 5.33 Å². The minimum absolute atomic E-state index is 0.761. The highest BCUT2D eigenvalue weighted by Crippen LogP contribution is 2.30. The van der Waals surface area contributed by atoms with Crippen LogP contribution < -0.4 is 4.90 Å². The molecule has 0 spiro atoms. The lowest BCUT2D eigenvalue weighted by molar-refractivity contribution is 0.434. The van der Waals surface area contributed by atoms with E-state index in [4.69, 9.17) is 0 Å². The average Bonchev–Trinajstić information content (AvgIpc) is 2.40. The van der Waals surface area contributed by atoms with Crippen molar-refractivity contribution in [1.82, 2.24) is 0 Å². The molecule has 1 unspecified atom stereocenters. The first-order valence-electron chi connectivity index (χ1n) is 7.18. The lowest BCUT2D eigenvalue weighted by Gasteiger charge is -2.38. The molecule has 1 heterocycles. The Kier molecular flexibility index (Phi) is 5.11. The molecule has 100 valence electrons. The van der Waals surface area contributed by atoms with E-state index in [1.54, 1.807) is 0 Å². The van der Waals surface area contributed by atoms with E-state index < -0.39 is 0 Å². The van der Waals surface area contributed by atoms with Crippen molar-refractivity contribution in [2.24, 2.45) is 0 Å². The molecule has 18 heavy (non-hydrogen) atoms. The Hall–Kier alpha value is -0.500. The van der Waals surface area contributed by atoms with Gasteiger partial charge in [-0.25, -0.2) is 0 Å². The number of hydrogen-bond donors (Lipinski definition) is 0. The van der Waals surface area contributed by atoms with E-state index in [9.17, 15) is 0 Å². The number of anilines is 1. The van der Waals surface area contributed by atoms with E-state index in [1.807, 2.05) is 0 Å². The quantitative estimate of drug-likeness (QED) is 0.704. The molecule has 1 saturated heterocycles. The van der Waals surface area contributed by atoms with Crippen LogP contribution in [-0.4, -0.2) is 12.6 Å². The van der Waals surface area contributed by atoms with Crippen LogP contribution in [0.15, 0.2) is 18.2 Å². The van der Waals surface area contributed by atoms with Crippen LogP contribution in [0.5, 0.6) is 0 Å². The lowest BCUT2D eigenvalue weighted by atomic mass is 9.96. The van der Waals surface area contributed by atoms with Gasteiger partial charge in [0, 0.05) is 23.6 Å². The fourth-order valence-corrected chi connectivity index (χ4v) is 3.42. The standard InChI is InChI=1S/C16H24BrN/c1-3-6-15-7-4-5-10-18(15)16-9-8-14(12-17)11-13(16)2/h8-9,11,15H,3-7,10,12H2,1-2H3. The zero-order chi connectivity index (χ0) is 13.0. The summed E-state index contributed by atoms with van der Waals surface area (Å²) in [7, 11) is 0. The van der Waals surface area contributed by atoms with Crippen molar-refractivity contribution in [3.8, 4) is 0 Å². The van der Waals surface area contributed by atoms with Crippen LogP contribution in [0.4, 0.5) is 5.69 Å². The topological polar surface area (TPSA) is 3.24 Å². The molecule has 0 bridgehead atoms. The number of nitrogens with zero attached hydrogens (tertiary/aromatic N) is 1. The second-order valence-corrected chi connectivity index (χ2v) is 5.95. The number of benzene rings is 1. The Balaban J connectivity index is 2.22. The molecule has 1 fully saturated rings. The van der Waals surface area contributed by atoms with Gasteiger partial charge in [-0.1, -0.05) is 41.4 Å². The maximum atomic E-state index is 3.54. The Morgan fingerprint density at radius 2 is 2.17 bits per heavy atom. The van der Waals surface area contributed by atoms with Crippen molar-refractivity contribution < 1.29 is 0 Å². The van der Waals surface area contributed by atoms with Crippen molar-refractivity contribution >= 4 is 21.6 Å². The van der Waals surface area contributed by atoms with Crippen LogP contribution in [0.3, 0.4) is 0 Å². The third kappa shape index (κ3) is 3.09.